The number of likely N-dealkylation sites (tertiary alicyclic amines) is 1. The van der Waals surface area contributed by atoms with Crippen LogP contribution in [0.5, 0.6) is 0 Å². The molecule has 0 bridgehead atoms. The van der Waals surface area contributed by atoms with Gasteiger partial charge in [0.25, 0.3) is 5.91 Å². The Morgan fingerprint density at radius 1 is 1.16 bits per heavy atom. The molecule has 1 saturated heterocycles. The third-order valence-corrected chi connectivity index (χ3v) is 4.16. The van der Waals surface area contributed by atoms with Gasteiger partial charge in [-0.15, -0.1) is 0 Å². The van der Waals surface area contributed by atoms with Gasteiger partial charge in [-0.25, -0.2) is 4.79 Å². The van der Waals surface area contributed by atoms with E-state index in [-0.39, 0.29) is 11.9 Å². The molecule has 2 rings (SSSR count). The van der Waals surface area contributed by atoms with E-state index in [1.54, 1.807) is 24.3 Å². The van der Waals surface area contributed by atoms with Gasteiger partial charge in [0, 0.05) is 30.4 Å². The molecule has 0 aliphatic carbocycles. The maximum atomic E-state index is 12.3. The average molecular weight is 347 g/mol. The van der Waals surface area contributed by atoms with Crippen molar-refractivity contribution in [3.63, 3.8) is 0 Å². The van der Waals surface area contributed by atoms with Crippen LogP contribution in [0.2, 0.25) is 0 Å². The van der Waals surface area contributed by atoms with Crippen LogP contribution in [0.1, 0.15) is 50.9 Å². The fraction of sp³-hybridized carbons (Fsp3) is 0.579. The Bertz CT molecular complexity index is 585. The zero-order valence-electron chi connectivity index (χ0n) is 15.6. The third kappa shape index (κ3) is 6.38. The number of carbonyl (C=O) groups is 2. The lowest BCUT2D eigenvalue weighted by Crippen LogP contribution is -2.44. The van der Waals surface area contributed by atoms with Gasteiger partial charge in [0.1, 0.15) is 5.60 Å². The van der Waals surface area contributed by atoms with E-state index >= 15 is 0 Å². The van der Waals surface area contributed by atoms with Gasteiger partial charge < -0.3 is 15.0 Å². The van der Waals surface area contributed by atoms with Gasteiger partial charge in [-0.3, -0.25) is 10.1 Å². The van der Waals surface area contributed by atoms with Crippen molar-refractivity contribution < 1.29 is 14.3 Å². The maximum absolute atomic E-state index is 12.3. The van der Waals surface area contributed by atoms with Crippen LogP contribution in [-0.4, -0.2) is 48.2 Å². The molecule has 0 radical (unpaired) electrons. The first kappa shape index (κ1) is 19.2. The van der Waals surface area contributed by atoms with Crippen LogP contribution in [0.25, 0.3) is 0 Å². The van der Waals surface area contributed by atoms with Crippen LogP contribution < -0.4 is 10.6 Å². The molecule has 1 fully saturated rings. The third-order valence-electron chi connectivity index (χ3n) is 4.16. The number of ether oxygens (including phenoxy) is 1. The SMILES string of the molecule is CCN1CCC(NC(=O)c2ccc(NC(=O)OC(C)(C)C)cc2)CC1. The topological polar surface area (TPSA) is 70.7 Å². The van der Waals surface area contributed by atoms with Crippen LogP contribution in [0.3, 0.4) is 0 Å². The molecule has 1 aliphatic rings. The van der Waals surface area contributed by atoms with Gasteiger partial charge in [-0.05, 0) is 64.4 Å². The smallest absolute Gasteiger partial charge is 0.412 e. The summed E-state index contributed by atoms with van der Waals surface area (Å²) in [7, 11) is 0. The van der Waals surface area contributed by atoms with E-state index in [1.807, 2.05) is 20.8 Å². The molecule has 2 amide bonds. The van der Waals surface area contributed by atoms with Crippen molar-refractivity contribution in [1.82, 2.24) is 10.2 Å². The number of amides is 2. The first-order valence-corrected chi connectivity index (χ1v) is 8.90. The van der Waals surface area contributed by atoms with Gasteiger partial charge in [0.2, 0.25) is 0 Å². The molecule has 0 saturated carbocycles. The van der Waals surface area contributed by atoms with Crippen molar-refractivity contribution in [2.75, 3.05) is 25.0 Å². The van der Waals surface area contributed by atoms with Crippen LogP contribution in [0.15, 0.2) is 24.3 Å². The van der Waals surface area contributed by atoms with E-state index < -0.39 is 11.7 Å². The Kier molecular flexibility index (Phi) is 6.42. The molecule has 0 atom stereocenters. The number of hydrogen-bond acceptors (Lipinski definition) is 4. The number of nitrogens with zero attached hydrogens (tertiary/aromatic N) is 1. The second-order valence-corrected chi connectivity index (χ2v) is 7.39. The van der Waals surface area contributed by atoms with Gasteiger partial charge in [-0.1, -0.05) is 6.92 Å². The number of carbonyl (C=O) groups excluding carboxylic acids is 2. The van der Waals surface area contributed by atoms with E-state index in [0.29, 0.717) is 11.3 Å². The highest BCUT2D eigenvalue weighted by Crippen LogP contribution is 2.14. The van der Waals surface area contributed by atoms with E-state index in [2.05, 4.69) is 22.5 Å². The number of anilines is 1. The molecule has 25 heavy (non-hydrogen) atoms. The summed E-state index contributed by atoms with van der Waals surface area (Å²) in [6, 6.07) is 7.07. The minimum atomic E-state index is -0.544. The summed E-state index contributed by atoms with van der Waals surface area (Å²) in [5.74, 6) is -0.0706. The highest BCUT2D eigenvalue weighted by atomic mass is 16.6. The molecule has 1 aliphatic heterocycles. The first-order chi connectivity index (χ1) is 11.8. The predicted octanol–water partition coefficient (Wildman–Crippen LogP) is 3.25. The van der Waals surface area contributed by atoms with Crippen LogP contribution in [0, 0.1) is 0 Å². The van der Waals surface area contributed by atoms with E-state index in [4.69, 9.17) is 4.74 Å². The summed E-state index contributed by atoms with van der Waals surface area (Å²) >= 11 is 0. The molecular formula is C19H29N3O3. The molecule has 6 heteroatoms. The Balaban J connectivity index is 1.85. The van der Waals surface area contributed by atoms with Gasteiger partial charge in [0.05, 0.1) is 0 Å². The molecule has 0 aromatic heterocycles. The fourth-order valence-corrected chi connectivity index (χ4v) is 2.79. The van der Waals surface area contributed by atoms with Gasteiger partial charge in [-0.2, -0.15) is 0 Å². The van der Waals surface area contributed by atoms with Crippen molar-refractivity contribution in [2.45, 2.75) is 52.2 Å². The summed E-state index contributed by atoms with van der Waals surface area (Å²) in [6.07, 6.45) is 1.46. The lowest BCUT2D eigenvalue weighted by molar-refractivity contribution is 0.0635. The summed E-state index contributed by atoms with van der Waals surface area (Å²) in [4.78, 5) is 26.5. The number of rotatable bonds is 4. The monoisotopic (exact) mass is 347 g/mol. The first-order valence-electron chi connectivity index (χ1n) is 8.90. The largest absolute Gasteiger partial charge is 0.444 e. The number of nitrogens with one attached hydrogen (secondary N) is 2. The fourth-order valence-electron chi connectivity index (χ4n) is 2.79. The summed E-state index contributed by atoms with van der Waals surface area (Å²) in [6.45, 7) is 10.7. The number of benzene rings is 1. The minimum absolute atomic E-state index is 0.0706. The second kappa shape index (κ2) is 8.34. The molecule has 138 valence electrons. The Hall–Kier alpha value is -2.08. The minimum Gasteiger partial charge on any atom is -0.444 e. The number of hydrogen-bond donors (Lipinski definition) is 2. The number of piperidine rings is 1. The lowest BCUT2D eigenvalue weighted by Gasteiger charge is -2.31. The van der Waals surface area contributed by atoms with Crippen molar-refractivity contribution in [2.24, 2.45) is 0 Å². The second-order valence-electron chi connectivity index (χ2n) is 7.39. The lowest BCUT2D eigenvalue weighted by atomic mass is 10.0. The van der Waals surface area contributed by atoms with Gasteiger partial charge >= 0.3 is 6.09 Å². The van der Waals surface area contributed by atoms with Crippen molar-refractivity contribution in [3.05, 3.63) is 29.8 Å². The molecule has 0 spiro atoms. The predicted molar refractivity (Wildman–Crippen MR) is 98.9 cm³/mol. The normalized spacial score (nSPS) is 16.3. The molecular weight excluding hydrogens is 318 g/mol. The quantitative estimate of drug-likeness (QED) is 0.877. The van der Waals surface area contributed by atoms with Crippen LogP contribution in [-0.2, 0) is 4.74 Å². The van der Waals surface area contributed by atoms with Gasteiger partial charge in [0.15, 0.2) is 0 Å². The maximum Gasteiger partial charge on any atom is 0.412 e. The Morgan fingerprint density at radius 2 is 1.76 bits per heavy atom. The standard InChI is InChI=1S/C19H29N3O3/c1-5-22-12-10-16(11-13-22)20-17(23)14-6-8-15(9-7-14)21-18(24)25-19(2,3)4/h6-9,16H,5,10-13H2,1-4H3,(H,20,23)(H,21,24). The molecule has 1 heterocycles. The summed E-state index contributed by atoms with van der Waals surface area (Å²) in [5.41, 5.74) is 0.645. The van der Waals surface area contributed by atoms with E-state index in [9.17, 15) is 9.59 Å². The van der Waals surface area contributed by atoms with Crippen molar-refractivity contribution in [3.8, 4) is 0 Å². The van der Waals surface area contributed by atoms with E-state index in [1.165, 1.54) is 0 Å². The molecule has 1 aromatic rings. The summed E-state index contributed by atoms with van der Waals surface area (Å²) < 4.78 is 5.20. The molecule has 0 unspecified atom stereocenters. The Morgan fingerprint density at radius 3 is 2.28 bits per heavy atom. The average Bonchev–Trinajstić information content (AvgIpc) is 2.54. The van der Waals surface area contributed by atoms with Crippen LogP contribution in [0.4, 0.5) is 10.5 Å². The molecule has 2 N–H and O–H groups in total. The zero-order valence-corrected chi connectivity index (χ0v) is 15.6. The van der Waals surface area contributed by atoms with Crippen molar-refractivity contribution in [1.29, 1.82) is 0 Å². The highest BCUT2D eigenvalue weighted by molar-refractivity contribution is 5.95. The van der Waals surface area contributed by atoms with E-state index in [0.717, 1.165) is 32.5 Å². The van der Waals surface area contributed by atoms with Crippen molar-refractivity contribution >= 4 is 17.7 Å². The molecule has 6 nitrogen and oxygen atoms in total. The zero-order chi connectivity index (χ0) is 18.4. The summed E-state index contributed by atoms with van der Waals surface area (Å²) in [5, 5.41) is 5.75. The molecule has 1 aromatic carbocycles. The van der Waals surface area contributed by atoms with Crippen LogP contribution >= 0.6 is 0 Å². The highest BCUT2D eigenvalue weighted by Gasteiger charge is 2.20. The Labute approximate surface area is 149 Å².